The number of amides is 1. The van der Waals surface area contributed by atoms with Gasteiger partial charge in [-0.2, -0.15) is 0 Å². The van der Waals surface area contributed by atoms with Crippen LogP contribution in [0, 0.1) is 35.3 Å². The lowest BCUT2D eigenvalue weighted by molar-refractivity contribution is -0.296. The molecule has 1 amide bonds. The third kappa shape index (κ3) is 10.9. The first-order valence-corrected chi connectivity index (χ1v) is 19.9. The standard InChI is InChI=1S/C43H62F2N2O10/c1-12-34-43(9,52)39-25(4)35(46-28(7)48)23(2)20-42(8,54-22-29(21-53-39)14-13-15-30-16-17-31(44)19-32(30)45)38(26(5)36(49)27(6)40(51)56-34)57-41-37(50)33(47(10)11)18-24(3)55-41/h13-17,19,23-27,33-34,37-39,41,50,52H,12,18,20-22H2,1-11H3/b15-13+,29-14-,46-35?/t23?,24-,25?,26+,27-,33+,34+,37?,38?,39?,41+,42-,43-/m1/s1. The highest BCUT2D eigenvalue weighted by Gasteiger charge is 2.53. The van der Waals surface area contributed by atoms with Gasteiger partial charge in [-0.15, -0.1) is 0 Å². The molecule has 0 spiro atoms. The number of allylic oxidation sites excluding steroid dienone is 2. The molecule has 0 aliphatic carbocycles. The van der Waals surface area contributed by atoms with Gasteiger partial charge in [-0.3, -0.25) is 14.4 Å². The van der Waals surface area contributed by atoms with E-state index in [9.17, 15) is 33.4 Å². The van der Waals surface area contributed by atoms with E-state index >= 15 is 0 Å². The van der Waals surface area contributed by atoms with Gasteiger partial charge in [-0.1, -0.05) is 45.9 Å². The third-order valence-corrected chi connectivity index (χ3v) is 11.7. The highest BCUT2D eigenvalue weighted by atomic mass is 19.1. The predicted octanol–water partition coefficient (Wildman–Crippen LogP) is 5.47. The van der Waals surface area contributed by atoms with Gasteiger partial charge < -0.3 is 38.8 Å². The molecule has 12 nitrogen and oxygen atoms in total. The summed E-state index contributed by atoms with van der Waals surface area (Å²) in [7, 11) is 3.70. The third-order valence-electron chi connectivity index (χ3n) is 11.7. The van der Waals surface area contributed by atoms with Gasteiger partial charge in [0.15, 0.2) is 12.1 Å². The van der Waals surface area contributed by atoms with Gasteiger partial charge in [0, 0.05) is 42.1 Å². The SMILES string of the molecule is CC[C@@H]1OC(=O)[C@H](C)C(=O)[C@H](C)C(O[C@@H]2O[C@H](C)C[C@H](N(C)C)C2O)[C@@]2(C)CC(C)C(=NC(C)=O)C(C)C(OC/C(=C/C=C/c3ccc(F)cc3F)CO2)[C@]1(C)O. The quantitative estimate of drug-likeness (QED) is 0.278. The van der Waals surface area contributed by atoms with Crippen LogP contribution in [0.5, 0.6) is 0 Å². The summed E-state index contributed by atoms with van der Waals surface area (Å²) in [6.07, 6.45) is -0.566. The van der Waals surface area contributed by atoms with Gasteiger partial charge in [0.1, 0.15) is 35.4 Å². The molecular formula is C43H62F2N2O10. The lowest BCUT2D eigenvalue weighted by Gasteiger charge is -2.47. The Balaban J connectivity index is 1.98. The minimum absolute atomic E-state index is 0.115. The number of cyclic esters (lactones) is 1. The maximum absolute atomic E-state index is 14.6. The molecule has 0 radical (unpaired) electrons. The fourth-order valence-corrected chi connectivity index (χ4v) is 8.59. The van der Waals surface area contributed by atoms with Gasteiger partial charge >= 0.3 is 5.97 Å². The van der Waals surface area contributed by atoms with E-state index in [4.69, 9.17) is 23.7 Å². The van der Waals surface area contributed by atoms with Crippen LogP contribution in [-0.4, -0.2) is 120 Å². The number of rotatable bonds is 6. The molecule has 1 aromatic rings. The largest absolute Gasteiger partial charge is 0.459 e. The van der Waals surface area contributed by atoms with Crippen LogP contribution in [0.25, 0.3) is 6.08 Å². The number of aliphatic hydroxyl groups excluding tert-OH is 1. The molecule has 3 heterocycles. The maximum Gasteiger partial charge on any atom is 0.316 e. The van der Waals surface area contributed by atoms with E-state index in [-0.39, 0.29) is 43.8 Å². The number of hydrogen-bond donors (Lipinski definition) is 2. The molecule has 3 aliphatic heterocycles. The topological polar surface area (TPSA) is 153 Å². The molecule has 57 heavy (non-hydrogen) atoms. The second-order valence-corrected chi connectivity index (χ2v) is 16.7. The molecule has 4 rings (SSSR count). The van der Waals surface area contributed by atoms with Gasteiger partial charge in [0.2, 0.25) is 5.91 Å². The summed E-state index contributed by atoms with van der Waals surface area (Å²) in [4.78, 5) is 47.4. The molecular weight excluding hydrogens is 742 g/mol. The number of likely N-dealkylation sites (N-methyl/N-ethyl adjacent to an activating group) is 1. The zero-order valence-corrected chi connectivity index (χ0v) is 35.2. The first kappa shape index (κ1) is 46.4. The highest BCUT2D eigenvalue weighted by molar-refractivity contribution is 6.00. The molecule has 14 heteroatoms. The van der Waals surface area contributed by atoms with Crippen molar-refractivity contribution in [1.82, 2.24) is 4.90 Å². The van der Waals surface area contributed by atoms with Crippen LogP contribution in [-0.2, 0) is 38.1 Å². The number of aliphatic imine (C=N–C) groups is 1. The molecule has 5 unspecified atom stereocenters. The van der Waals surface area contributed by atoms with E-state index in [1.807, 2.05) is 32.8 Å². The van der Waals surface area contributed by atoms with Crippen LogP contribution in [0.3, 0.4) is 0 Å². The Bertz CT molecular complexity index is 1700. The first-order chi connectivity index (χ1) is 26.6. The van der Waals surface area contributed by atoms with Gasteiger partial charge in [0.25, 0.3) is 0 Å². The van der Waals surface area contributed by atoms with Crippen LogP contribution >= 0.6 is 0 Å². The number of hydrogen-bond acceptors (Lipinski definition) is 11. The molecule has 318 valence electrons. The number of ketones is 1. The number of halogens is 2. The van der Waals surface area contributed by atoms with Crippen molar-refractivity contribution < 1.29 is 57.1 Å². The van der Waals surface area contributed by atoms with Crippen molar-refractivity contribution in [1.29, 1.82) is 0 Å². The van der Waals surface area contributed by atoms with Crippen LogP contribution in [0.4, 0.5) is 8.78 Å². The summed E-state index contributed by atoms with van der Waals surface area (Å²) >= 11 is 0. The highest BCUT2D eigenvalue weighted by Crippen LogP contribution is 2.40. The van der Waals surface area contributed by atoms with Crippen molar-refractivity contribution in [2.45, 2.75) is 136 Å². The summed E-state index contributed by atoms with van der Waals surface area (Å²) in [6.45, 7) is 14.7. The molecule has 13 atom stereocenters. The molecule has 3 saturated heterocycles. The average Bonchev–Trinajstić information content (AvgIpc) is 3.14. The van der Waals surface area contributed by atoms with E-state index in [2.05, 4.69) is 4.99 Å². The zero-order valence-electron chi connectivity index (χ0n) is 35.2. The normalized spacial score (nSPS) is 39.2. The number of nitrogens with zero attached hydrogens (tertiary/aromatic N) is 2. The number of esters is 1. The number of fused-ring (bicyclic) bond motifs is 5. The molecule has 1 aromatic carbocycles. The summed E-state index contributed by atoms with van der Waals surface area (Å²) in [5.41, 5.74) is -2.22. The van der Waals surface area contributed by atoms with Crippen LogP contribution < -0.4 is 0 Å². The fraction of sp³-hybridized carbons (Fsp3) is 0.674. The van der Waals surface area contributed by atoms with Crippen molar-refractivity contribution in [3.8, 4) is 0 Å². The van der Waals surface area contributed by atoms with Crippen molar-refractivity contribution in [3.05, 3.63) is 53.1 Å². The van der Waals surface area contributed by atoms with E-state index in [1.165, 1.54) is 32.9 Å². The van der Waals surface area contributed by atoms with E-state index in [0.717, 1.165) is 12.1 Å². The Hall–Kier alpha value is -3.24. The monoisotopic (exact) mass is 804 g/mol. The summed E-state index contributed by atoms with van der Waals surface area (Å²) < 4.78 is 60.6. The smallest absolute Gasteiger partial charge is 0.316 e. The number of aliphatic hydroxyl groups is 2. The van der Waals surface area contributed by atoms with Crippen LogP contribution in [0.2, 0.25) is 0 Å². The lowest BCUT2D eigenvalue weighted by Crippen LogP contribution is -2.60. The zero-order chi connectivity index (χ0) is 42.6. The Morgan fingerprint density at radius 1 is 1.09 bits per heavy atom. The van der Waals surface area contributed by atoms with Gasteiger partial charge in [-0.25, -0.2) is 13.8 Å². The maximum atomic E-state index is 14.6. The number of ether oxygens (including phenoxy) is 5. The number of carbonyl (C=O) groups excluding carboxylic acids is 3. The molecule has 0 saturated carbocycles. The number of carbonyl (C=O) groups is 3. The summed E-state index contributed by atoms with van der Waals surface area (Å²) in [5.74, 6) is -6.91. The predicted molar refractivity (Wildman–Crippen MR) is 210 cm³/mol. The van der Waals surface area contributed by atoms with Crippen LogP contribution in [0.1, 0.15) is 87.1 Å². The second-order valence-electron chi connectivity index (χ2n) is 16.7. The van der Waals surface area contributed by atoms with Gasteiger partial charge in [0.05, 0.1) is 37.1 Å². The Morgan fingerprint density at radius 2 is 1.77 bits per heavy atom. The number of benzene rings is 1. The summed E-state index contributed by atoms with van der Waals surface area (Å²) in [5, 5.41) is 24.0. The Kier molecular flexibility index (Phi) is 15.7. The van der Waals surface area contributed by atoms with Crippen molar-refractivity contribution in [2.75, 3.05) is 27.3 Å². The Labute approximate surface area is 335 Å². The number of Topliss-reactive ketones (excluding diaryl/α,β-unsaturated/α-hetero) is 1. The van der Waals surface area contributed by atoms with Crippen molar-refractivity contribution in [3.63, 3.8) is 0 Å². The van der Waals surface area contributed by atoms with Gasteiger partial charge in [-0.05, 0) is 84.7 Å². The average molecular weight is 805 g/mol. The second kappa shape index (κ2) is 19.2. The van der Waals surface area contributed by atoms with Crippen molar-refractivity contribution >= 4 is 29.4 Å². The molecule has 3 fully saturated rings. The molecule has 3 aliphatic rings. The molecule has 2 N–H and O–H groups in total. The lowest BCUT2D eigenvalue weighted by atomic mass is 9.73. The summed E-state index contributed by atoms with van der Waals surface area (Å²) in [6, 6.07) is 2.91. The van der Waals surface area contributed by atoms with E-state index in [0.29, 0.717) is 17.7 Å². The molecule has 0 aromatic heterocycles. The van der Waals surface area contributed by atoms with Crippen molar-refractivity contribution in [2.24, 2.45) is 28.7 Å². The minimum Gasteiger partial charge on any atom is -0.459 e. The fourth-order valence-electron chi connectivity index (χ4n) is 8.59. The van der Waals surface area contributed by atoms with E-state index < -0.39 is 94.9 Å². The van der Waals surface area contributed by atoms with E-state index in [1.54, 1.807) is 39.8 Å². The first-order valence-electron chi connectivity index (χ1n) is 19.9. The molecule has 2 bridgehead atoms. The van der Waals surface area contributed by atoms with Crippen LogP contribution in [0.15, 0.2) is 40.9 Å². The Morgan fingerprint density at radius 3 is 2.39 bits per heavy atom. The minimum atomic E-state index is -1.87.